The first-order valence-electron chi connectivity index (χ1n) is 7.02. The third-order valence-electron chi connectivity index (χ3n) is 3.61. The quantitative estimate of drug-likeness (QED) is 0.485. The number of hydrogen-bond donors (Lipinski definition) is 0. The van der Waals surface area contributed by atoms with Crippen molar-refractivity contribution in [1.82, 2.24) is 0 Å². The van der Waals surface area contributed by atoms with Crippen LogP contribution in [0.3, 0.4) is 0 Å². The van der Waals surface area contributed by atoms with Gasteiger partial charge in [0.15, 0.2) is 9.84 Å². The highest BCUT2D eigenvalue weighted by molar-refractivity contribution is 7.91. The second-order valence-electron chi connectivity index (χ2n) is 5.31. The lowest BCUT2D eigenvalue weighted by atomic mass is 10.1. The molecule has 8 heteroatoms. The van der Waals surface area contributed by atoms with Crippen molar-refractivity contribution in [3.8, 4) is 11.3 Å². The smallest absolute Gasteiger partial charge is 0.280 e. The first-order valence-corrected chi connectivity index (χ1v) is 8.84. The maximum atomic E-state index is 11.4. The number of para-hydroxylation sites is 1. The summed E-state index contributed by atoms with van der Waals surface area (Å²) in [5.74, 6) is 1.02. The zero-order valence-corrected chi connectivity index (χ0v) is 12.9. The second kappa shape index (κ2) is 5.96. The molecule has 23 heavy (non-hydrogen) atoms. The highest BCUT2D eigenvalue weighted by Gasteiger charge is 2.27. The topological polar surface area (TPSA) is 103 Å². The van der Waals surface area contributed by atoms with Crippen LogP contribution in [0.2, 0.25) is 0 Å². The van der Waals surface area contributed by atoms with Gasteiger partial charge in [0.1, 0.15) is 11.5 Å². The van der Waals surface area contributed by atoms with Gasteiger partial charge in [-0.1, -0.05) is 12.1 Å². The molecule has 0 unspecified atom stereocenters. The van der Waals surface area contributed by atoms with E-state index in [1.54, 1.807) is 30.3 Å². The number of nitrogens with zero attached hydrogens (tertiary/aromatic N) is 2. The number of nitro benzene ring substituents is 1. The van der Waals surface area contributed by atoms with Crippen LogP contribution >= 0.6 is 0 Å². The molecular formula is C15H14N2O5S. The maximum absolute atomic E-state index is 11.4. The van der Waals surface area contributed by atoms with Gasteiger partial charge in [-0.2, -0.15) is 0 Å². The van der Waals surface area contributed by atoms with E-state index in [9.17, 15) is 18.5 Å². The highest BCUT2D eigenvalue weighted by atomic mass is 32.2. The largest absolute Gasteiger partial charge is 0.455 e. The molecule has 0 aliphatic carbocycles. The Kier molecular flexibility index (Phi) is 3.99. The Morgan fingerprint density at radius 2 is 2.04 bits per heavy atom. The molecule has 0 bridgehead atoms. The molecule has 1 aromatic carbocycles. The minimum Gasteiger partial charge on any atom is -0.455 e. The number of hydrogen-bond acceptors (Lipinski definition) is 6. The number of nitro groups is 1. The standard InChI is InChI=1S/C15H14N2O5S/c18-17(19)14-4-2-1-3-13(14)15-6-5-12(22-15)9-16-11-7-8-23(20,21)10-11/h1-6,9,11H,7-8,10H2/t11-/m0/s1. The Morgan fingerprint density at radius 3 is 2.74 bits per heavy atom. The Labute approximate surface area is 132 Å². The Bertz CT molecular complexity index is 869. The van der Waals surface area contributed by atoms with Gasteiger partial charge in [-0.05, 0) is 24.6 Å². The zero-order chi connectivity index (χ0) is 16.4. The molecule has 1 fully saturated rings. The molecular weight excluding hydrogens is 320 g/mol. The van der Waals surface area contributed by atoms with Crippen LogP contribution in [-0.2, 0) is 9.84 Å². The molecule has 7 nitrogen and oxygen atoms in total. The van der Waals surface area contributed by atoms with Crippen LogP contribution in [0, 0.1) is 10.1 Å². The first-order chi connectivity index (χ1) is 10.9. The molecule has 120 valence electrons. The monoisotopic (exact) mass is 334 g/mol. The molecule has 1 aromatic heterocycles. The maximum Gasteiger partial charge on any atom is 0.280 e. The van der Waals surface area contributed by atoms with E-state index < -0.39 is 14.8 Å². The number of rotatable bonds is 4. The van der Waals surface area contributed by atoms with Gasteiger partial charge in [0.2, 0.25) is 0 Å². The zero-order valence-electron chi connectivity index (χ0n) is 12.1. The van der Waals surface area contributed by atoms with Crippen molar-refractivity contribution in [3.05, 3.63) is 52.3 Å². The SMILES string of the molecule is O=[N+]([O-])c1ccccc1-c1ccc(C=N[C@H]2CCS(=O)(=O)C2)o1. The lowest BCUT2D eigenvalue weighted by molar-refractivity contribution is -0.384. The minimum absolute atomic E-state index is 0.0350. The van der Waals surface area contributed by atoms with E-state index in [0.29, 0.717) is 23.5 Å². The molecule has 1 aliphatic rings. The molecule has 2 heterocycles. The van der Waals surface area contributed by atoms with E-state index in [2.05, 4.69) is 4.99 Å². The van der Waals surface area contributed by atoms with Crippen molar-refractivity contribution in [3.63, 3.8) is 0 Å². The Balaban J connectivity index is 1.80. The normalized spacial score (nSPS) is 20.1. The van der Waals surface area contributed by atoms with Gasteiger partial charge in [-0.3, -0.25) is 15.1 Å². The Hall–Kier alpha value is -2.48. The van der Waals surface area contributed by atoms with Gasteiger partial charge < -0.3 is 4.42 Å². The van der Waals surface area contributed by atoms with Crippen molar-refractivity contribution in [2.75, 3.05) is 11.5 Å². The van der Waals surface area contributed by atoms with Crippen molar-refractivity contribution < 1.29 is 17.8 Å². The lowest BCUT2D eigenvalue weighted by Crippen LogP contribution is -2.07. The molecule has 0 N–H and O–H groups in total. The van der Waals surface area contributed by atoms with E-state index in [4.69, 9.17) is 4.42 Å². The predicted octanol–water partition coefficient (Wildman–Crippen LogP) is 2.46. The lowest BCUT2D eigenvalue weighted by Gasteiger charge is -1.99. The van der Waals surface area contributed by atoms with E-state index in [0.717, 1.165) is 0 Å². The van der Waals surface area contributed by atoms with E-state index in [1.165, 1.54) is 12.3 Å². The fraction of sp³-hybridized carbons (Fsp3) is 0.267. The average molecular weight is 334 g/mol. The molecule has 3 rings (SSSR count). The van der Waals surface area contributed by atoms with E-state index >= 15 is 0 Å². The fourth-order valence-electron chi connectivity index (χ4n) is 2.48. The highest BCUT2D eigenvalue weighted by Crippen LogP contribution is 2.30. The summed E-state index contributed by atoms with van der Waals surface area (Å²) in [5.41, 5.74) is 0.354. The van der Waals surface area contributed by atoms with E-state index in [1.807, 2.05) is 0 Å². The molecule has 2 aromatic rings. The molecule has 0 spiro atoms. The molecule has 0 radical (unpaired) electrons. The van der Waals surface area contributed by atoms with Crippen LogP contribution in [0.1, 0.15) is 12.2 Å². The summed E-state index contributed by atoms with van der Waals surface area (Å²) in [6, 6.07) is 9.35. The van der Waals surface area contributed by atoms with Gasteiger partial charge in [0.25, 0.3) is 5.69 Å². The van der Waals surface area contributed by atoms with Crippen LogP contribution in [0.5, 0.6) is 0 Å². The van der Waals surface area contributed by atoms with Crippen LogP contribution in [0.15, 0.2) is 45.8 Å². The van der Waals surface area contributed by atoms with Gasteiger partial charge in [0, 0.05) is 6.07 Å². The van der Waals surface area contributed by atoms with Crippen LogP contribution < -0.4 is 0 Å². The van der Waals surface area contributed by atoms with Crippen LogP contribution in [-0.4, -0.2) is 37.1 Å². The third kappa shape index (κ3) is 3.48. The van der Waals surface area contributed by atoms with Gasteiger partial charge in [0.05, 0.1) is 34.2 Å². The second-order valence-corrected chi connectivity index (χ2v) is 7.54. The summed E-state index contributed by atoms with van der Waals surface area (Å²) in [5, 5.41) is 11.0. The third-order valence-corrected chi connectivity index (χ3v) is 5.36. The van der Waals surface area contributed by atoms with Gasteiger partial charge >= 0.3 is 0 Å². The minimum atomic E-state index is -2.97. The van der Waals surface area contributed by atoms with Crippen LogP contribution in [0.4, 0.5) is 5.69 Å². The number of furan rings is 1. The summed E-state index contributed by atoms with van der Waals surface area (Å²) in [6.45, 7) is 0. The summed E-state index contributed by atoms with van der Waals surface area (Å²) in [4.78, 5) is 14.8. The molecule has 0 amide bonds. The molecule has 1 aliphatic heterocycles. The van der Waals surface area contributed by atoms with Crippen LogP contribution in [0.25, 0.3) is 11.3 Å². The number of sulfone groups is 1. The van der Waals surface area contributed by atoms with Crippen molar-refractivity contribution in [1.29, 1.82) is 0 Å². The van der Waals surface area contributed by atoms with Crippen molar-refractivity contribution in [2.45, 2.75) is 12.5 Å². The Morgan fingerprint density at radius 1 is 1.26 bits per heavy atom. The summed E-state index contributed by atoms with van der Waals surface area (Å²) < 4.78 is 28.3. The fourth-order valence-corrected chi connectivity index (χ4v) is 4.12. The van der Waals surface area contributed by atoms with Gasteiger partial charge in [-0.15, -0.1) is 0 Å². The molecule has 1 saturated heterocycles. The summed E-state index contributed by atoms with van der Waals surface area (Å²) in [7, 11) is -2.97. The van der Waals surface area contributed by atoms with Gasteiger partial charge in [-0.25, -0.2) is 8.42 Å². The molecule has 0 saturated carbocycles. The summed E-state index contributed by atoms with van der Waals surface area (Å²) >= 11 is 0. The number of aliphatic imine (C=N–C) groups is 1. The predicted molar refractivity (Wildman–Crippen MR) is 85.5 cm³/mol. The first kappa shape index (κ1) is 15.4. The van der Waals surface area contributed by atoms with Crippen molar-refractivity contribution in [2.24, 2.45) is 4.99 Å². The van der Waals surface area contributed by atoms with Crippen molar-refractivity contribution >= 4 is 21.7 Å². The van der Waals surface area contributed by atoms with E-state index in [-0.39, 0.29) is 23.2 Å². The average Bonchev–Trinajstić information content (AvgIpc) is 3.11. The summed E-state index contributed by atoms with van der Waals surface area (Å²) in [6.07, 6.45) is 1.99. The number of benzene rings is 1. The molecule has 1 atom stereocenters.